The van der Waals surface area contributed by atoms with Crippen LogP contribution >= 0.6 is 0 Å². The number of rotatable bonds is 3. The number of ether oxygens (including phenoxy) is 2. The van der Waals surface area contributed by atoms with Crippen LogP contribution in [0.15, 0.2) is 18.2 Å². The van der Waals surface area contributed by atoms with Gasteiger partial charge in [0.15, 0.2) is 0 Å². The molecule has 2 aliphatic rings. The van der Waals surface area contributed by atoms with Gasteiger partial charge in [-0.25, -0.2) is 0 Å². The Morgan fingerprint density at radius 3 is 2.74 bits per heavy atom. The average molecular weight is 262 g/mol. The van der Waals surface area contributed by atoms with Crippen LogP contribution in [0.5, 0.6) is 5.75 Å². The summed E-state index contributed by atoms with van der Waals surface area (Å²) < 4.78 is 10.9. The molecule has 0 bridgehead atoms. The van der Waals surface area contributed by atoms with Gasteiger partial charge in [0.05, 0.1) is 7.11 Å². The Morgan fingerprint density at radius 2 is 2.05 bits per heavy atom. The summed E-state index contributed by atoms with van der Waals surface area (Å²) >= 11 is 0. The van der Waals surface area contributed by atoms with E-state index >= 15 is 0 Å². The van der Waals surface area contributed by atoms with Crippen molar-refractivity contribution < 1.29 is 9.47 Å². The van der Waals surface area contributed by atoms with E-state index in [1.807, 2.05) is 18.2 Å². The molecule has 0 unspecified atom stereocenters. The summed E-state index contributed by atoms with van der Waals surface area (Å²) in [6, 6.07) is 5.86. The van der Waals surface area contributed by atoms with E-state index in [4.69, 9.17) is 15.2 Å². The predicted molar refractivity (Wildman–Crippen MR) is 75.2 cm³/mol. The molecule has 104 valence electrons. The molecule has 19 heavy (non-hydrogen) atoms. The van der Waals surface area contributed by atoms with Crippen molar-refractivity contribution in [2.45, 2.75) is 19.4 Å². The zero-order chi connectivity index (χ0) is 13.3. The summed E-state index contributed by atoms with van der Waals surface area (Å²) in [4.78, 5) is 2.47. The van der Waals surface area contributed by atoms with Crippen molar-refractivity contribution in [3.8, 4) is 5.75 Å². The van der Waals surface area contributed by atoms with Gasteiger partial charge in [0.25, 0.3) is 0 Å². The van der Waals surface area contributed by atoms with Crippen molar-refractivity contribution >= 4 is 5.69 Å². The third-order valence-corrected chi connectivity index (χ3v) is 4.37. The van der Waals surface area contributed by atoms with E-state index in [0.717, 1.165) is 31.2 Å². The first-order chi connectivity index (χ1) is 9.21. The van der Waals surface area contributed by atoms with Crippen LogP contribution in [0.3, 0.4) is 0 Å². The van der Waals surface area contributed by atoms with Crippen LogP contribution in [0.1, 0.15) is 18.4 Å². The molecule has 0 radical (unpaired) electrons. The average Bonchev–Trinajstić information content (AvgIpc) is 2.38. The number of hydrogen-bond acceptors (Lipinski definition) is 4. The van der Waals surface area contributed by atoms with Crippen LogP contribution in [0.25, 0.3) is 0 Å². The molecule has 2 aliphatic heterocycles. The van der Waals surface area contributed by atoms with Crippen molar-refractivity contribution in [3.05, 3.63) is 23.8 Å². The van der Waals surface area contributed by atoms with Crippen LogP contribution < -0.4 is 10.5 Å². The Labute approximate surface area is 114 Å². The van der Waals surface area contributed by atoms with Crippen LogP contribution in [0.2, 0.25) is 0 Å². The van der Waals surface area contributed by atoms with Crippen LogP contribution in [0, 0.1) is 5.41 Å². The smallest absolute Gasteiger partial charge is 0.123 e. The predicted octanol–water partition coefficient (Wildman–Crippen LogP) is 1.89. The number of benzene rings is 1. The Bertz CT molecular complexity index is 447. The lowest BCUT2D eigenvalue weighted by atomic mass is 9.73. The normalized spacial score (nSPS) is 22.2. The third kappa shape index (κ3) is 2.55. The van der Waals surface area contributed by atoms with E-state index in [1.54, 1.807) is 7.11 Å². The number of nitrogens with zero attached hydrogens (tertiary/aromatic N) is 1. The third-order valence-electron chi connectivity index (χ3n) is 4.37. The maximum Gasteiger partial charge on any atom is 0.123 e. The minimum atomic E-state index is 0.520. The molecule has 2 heterocycles. The van der Waals surface area contributed by atoms with Crippen molar-refractivity contribution in [3.63, 3.8) is 0 Å². The Hall–Kier alpha value is -1.26. The number of methoxy groups -OCH3 is 1. The highest BCUT2D eigenvalue weighted by molar-refractivity contribution is 5.47. The van der Waals surface area contributed by atoms with E-state index in [-0.39, 0.29) is 0 Å². The van der Waals surface area contributed by atoms with Crippen molar-refractivity contribution in [2.75, 3.05) is 39.1 Å². The number of likely N-dealkylation sites (tertiary alicyclic amines) is 1. The molecule has 2 saturated heterocycles. The topological polar surface area (TPSA) is 47.7 Å². The molecule has 1 spiro atoms. The summed E-state index contributed by atoms with van der Waals surface area (Å²) in [7, 11) is 1.71. The fourth-order valence-electron chi connectivity index (χ4n) is 3.30. The van der Waals surface area contributed by atoms with E-state index < -0.39 is 0 Å². The summed E-state index contributed by atoms with van der Waals surface area (Å²) in [5.41, 5.74) is 8.37. The first kappa shape index (κ1) is 12.8. The quantitative estimate of drug-likeness (QED) is 0.845. The maximum atomic E-state index is 5.86. The number of hydrogen-bond donors (Lipinski definition) is 1. The summed E-state index contributed by atoms with van der Waals surface area (Å²) in [6.45, 7) is 5.13. The second-order valence-corrected chi connectivity index (χ2v) is 5.83. The van der Waals surface area contributed by atoms with Gasteiger partial charge in [-0.2, -0.15) is 0 Å². The largest absolute Gasteiger partial charge is 0.496 e. The standard InChI is InChI=1S/C15H22N2O2/c1-18-14-3-2-13(16)8-12(14)9-17-10-15(11-17)4-6-19-7-5-15/h2-3,8H,4-7,9-11,16H2,1H3. The number of nitrogens with two attached hydrogens (primary N) is 1. The lowest BCUT2D eigenvalue weighted by Gasteiger charge is -2.52. The van der Waals surface area contributed by atoms with Gasteiger partial charge in [-0.05, 0) is 31.0 Å². The highest BCUT2D eigenvalue weighted by atomic mass is 16.5. The minimum absolute atomic E-state index is 0.520. The molecule has 1 aromatic rings. The van der Waals surface area contributed by atoms with Crippen LogP contribution in [-0.2, 0) is 11.3 Å². The molecule has 2 fully saturated rings. The molecule has 0 aliphatic carbocycles. The SMILES string of the molecule is COc1ccc(N)cc1CN1CC2(CCOCC2)C1. The van der Waals surface area contributed by atoms with Gasteiger partial charge >= 0.3 is 0 Å². The highest BCUT2D eigenvalue weighted by Gasteiger charge is 2.43. The van der Waals surface area contributed by atoms with E-state index in [1.165, 1.54) is 31.5 Å². The summed E-state index contributed by atoms with van der Waals surface area (Å²) in [5, 5.41) is 0. The van der Waals surface area contributed by atoms with E-state index in [9.17, 15) is 0 Å². The zero-order valence-corrected chi connectivity index (χ0v) is 11.5. The van der Waals surface area contributed by atoms with Gasteiger partial charge in [0.1, 0.15) is 5.75 Å². The van der Waals surface area contributed by atoms with E-state index in [0.29, 0.717) is 5.41 Å². The van der Waals surface area contributed by atoms with Crippen molar-refractivity contribution in [1.29, 1.82) is 0 Å². The highest BCUT2D eigenvalue weighted by Crippen LogP contribution is 2.41. The van der Waals surface area contributed by atoms with Crippen molar-refractivity contribution in [2.24, 2.45) is 5.41 Å². The molecule has 2 N–H and O–H groups in total. The lowest BCUT2D eigenvalue weighted by Crippen LogP contribution is -2.57. The minimum Gasteiger partial charge on any atom is -0.496 e. The van der Waals surface area contributed by atoms with Crippen molar-refractivity contribution in [1.82, 2.24) is 4.90 Å². The maximum absolute atomic E-state index is 5.86. The van der Waals surface area contributed by atoms with Gasteiger partial charge < -0.3 is 15.2 Å². The van der Waals surface area contributed by atoms with Gasteiger partial charge in [0, 0.05) is 49.5 Å². The fourth-order valence-corrected chi connectivity index (χ4v) is 3.30. The molecular weight excluding hydrogens is 240 g/mol. The molecular formula is C15H22N2O2. The number of nitrogen functional groups attached to an aromatic ring is 1. The molecule has 4 heteroatoms. The van der Waals surface area contributed by atoms with Gasteiger partial charge in [-0.3, -0.25) is 4.90 Å². The Kier molecular flexibility index (Phi) is 3.37. The second-order valence-electron chi connectivity index (χ2n) is 5.83. The van der Waals surface area contributed by atoms with Crippen LogP contribution in [-0.4, -0.2) is 38.3 Å². The van der Waals surface area contributed by atoms with E-state index in [2.05, 4.69) is 4.90 Å². The molecule has 0 aromatic heterocycles. The molecule has 1 aromatic carbocycles. The molecule has 3 rings (SSSR count). The summed E-state index contributed by atoms with van der Waals surface area (Å²) in [6.07, 6.45) is 2.41. The lowest BCUT2D eigenvalue weighted by molar-refractivity contribution is -0.0840. The molecule has 0 amide bonds. The van der Waals surface area contributed by atoms with Gasteiger partial charge in [-0.15, -0.1) is 0 Å². The molecule has 0 saturated carbocycles. The monoisotopic (exact) mass is 262 g/mol. The van der Waals surface area contributed by atoms with Gasteiger partial charge in [0.2, 0.25) is 0 Å². The molecule has 4 nitrogen and oxygen atoms in total. The Morgan fingerprint density at radius 1 is 1.32 bits per heavy atom. The fraction of sp³-hybridized carbons (Fsp3) is 0.600. The van der Waals surface area contributed by atoms with Gasteiger partial charge in [-0.1, -0.05) is 0 Å². The molecule has 0 atom stereocenters. The first-order valence-corrected chi connectivity index (χ1v) is 6.93. The zero-order valence-electron chi connectivity index (χ0n) is 11.5. The second kappa shape index (κ2) is 5.02. The first-order valence-electron chi connectivity index (χ1n) is 6.93. The number of anilines is 1. The van der Waals surface area contributed by atoms with Crippen LogP contribution in [0.4, 0.5) is 5.69 Å². The Balaban J connectivity index is 1.63. The summed E-state index contributed by atoms with van der Waals surface area (Å²) in [5.74, 6) is 0.933.